The van der Waals surface area contributed by atoms with Gasteiger partial charge in [0.2, 0.25) is 0 Å². The minimum atomic E-state index is -1.14. The molecule has 2 aromatic rings. The van der Waals surface area contributed by atoms with Crippen LogP contribution in [0.4, 0.5) is 0 Å². The summed E-state index contributed by atoms with van der Waals surface area (Å²) in [4.78, 5) is 10.8. The van der Waals surface area contributed by atoms with Gasteiger partial charge in [0.25, 0.3) is 0 Å². The molecule has 0 fully saturated rings. The summed E-state index contributed by atoms with van der Waals surface area (Å²) in [7, 11) is 0. The molecule has 66 valence electrons. The Morgan fingerprint density at radius 3 is 2.85 bits per heavy atom. The van der Waals surface area contributed by atoms with Crippen molar-refractivity contribution in [2.75, 3.05) is 0 Å². The first kappa shape index (κ1) is 8.53. The highest BCUT2D eigenvalue weighted by Gasteiger charge is 2.02. The van der Waals surface area contributed by atoms with Crippen molar-refractivity contribution >= 4 is 39.0 Å². The first-order valence-corrected chi connectivity index (χ1v) is 4.77. The third kappa shape index (κ3) is 1.53. The largest absolute Gasteiger partial charge is 0.544 e. The van der Waals surface area contributed by atoms with Crippen LogP contribution in [0.5, 0.6) is 0 Å². The average molecular weight is 212 g/mol. The molecule has 0 aliphatic heterocycles. The average Bonchev–Trinajstić information content (AvgIpc) is 2.46. The van der Waals surface area contributed by atoms with Gasteiger partial charge >= 0.3 is 0 Å². The van der Waals surface area contributed by atoms with Crippen molar-refractivity contribution < 1.29 is 9.90 Å². The maximum atomic E-state index is 10.5. The predicted octanol–water partition coefficient (Wildman–Crippen LogP) is 1.92. The number of aromatic carboxylic acids is 1. The summed E-state index contributed by atoms with van der Waals surface area (Å²) in [6, 6.07) is 6.86. The van der Waals surface area contributed by atoms with Crippen molar-refractivity contribution in [2.24, 2.45) is 0 Å². The summed E-state index contributed by atoms with van der Waals surface area (Å²) in [6.45, 7) is 0. The number of hydrogen-bond acceptors (Lipinski definition) is 3. The van der Waals surface area contributed by atoms with E-state index >= 15 is 0 Å². The van der Waals surface area contributed by atoms with Crippen LogP contribution in [0.1, 0.15) is 9.67 Å². The molecule has 2 rings (SSSR count). The molecule has 13 heavy (non-hydrogen) atoms. The van der Waals surface area contributed by atoms with Crippen molar-refractivity contribution in [3.63, 3.8) is 0 Å². The van der Waals surface area contributed by atoms with Crippen LogP contribution < -0.4 is 5.11 Å². The second-order valence-corrected chi connectivity index (χ2v) is 4.10. The molecule has 1 aromatic carbocycles. The van der Waals surface area contributed by atoms with E-state index in [1.165, 1.54) is 11.3 Å². The van der Waals surface area contributed by atoms with Crippen LogP contribution in [0, 0.1) is 0 Å². The van der Waals surface area contributed by atoms with E-state index in [2.05, 4.69) is 0 Å². The molecule has 0 amide bonds. The summed E-state index contributed by atoms with van der Waals surface area (Å²) in [5.74, 6) is -1.14. The van der Waals surface area contributed by atoms with Gasteiger partial charge < -0.3 is 9.90 Å². The summed E-state index contributed by atoms with van der Waals surface area (Å²) in [5.41, 5.74) is 0. The Morgan fingerprint density at radius 2 is 2.15 bits per heavy atom. The molecular formula is C9H4ClO2S-. The molecule has 4 heteroatoms. The van der Waals surface area contributed by atoms with Gasteiger partial charge in [-0.1, -0.05) is 17.7 Å². The monoisotopic (exact) mass is 211 g/mol. The van der Waals surface area contributed by atoms with Crippen LogP contribution in [0.15, 0.2) is 24.3 Å². The highest BCUT2D eigenvalue weighted by Crippen LogP contribution is 2.27. The number of hydrogen-bond donors (Lipinski definition) is 0. The van der Waals surface area contributed by atoms with Crippen molar-refractivity contribution in [1.29, 1.82) is 0 Å². The molecule has 0 saturated heterocycles. The van der Waals surface area contributed by atoms with Crippen molar-refractivity contribution in [2.45, 2.75) is 0 Å². The summed E-state index contributed by atoms with van der Waals surface area (Å²) >= 11 is 6.92. The number of rotatable bonds is 1. The van der Waals surface area contributed by atoms with E-state index < -0.39 is 5.97 Å². The Morgan fingerprint density at radius 1 is 1.38 bits per heavy atom. The molecule has 0 spiro atoms. The van der Waals surface area contributed by atoms with Gasteiger partial charge in [-0.2, -0.15) is 0 Å². The lowest BCUT2D eigenvalue weighted by molar-refractivity contribution is -0.254. The third-order valence-corrected chi connectivity index (χ3v) is 3.00. The number of thiophene rings is 1. The number of carbonyl (C=O) groups excluding carboxylic acids is 1. The van der Waals surface area contributed by atoms with Crippen LogP contribution in [-0.2, 0) is 0 Å². The van der Waals surface area contributed by atoms with Gasteiger partial charge in [0.1, 0.15) is 0 Å². The molecule has 1 aromatic heterocycles. The van der Waals surface area contributed by atoms with Gasteiger partial charge in [-0.3, -0.25) is 0 Å². The van der Waals surface area contributed by atoms with E-state index in [0.717, 1.165) is 10.1 Å². The molecule has 0 bridgehead atoms. The first-order chi connectivity index (χ1) is 6.16. The Balaban J connectivity index is 2.68. The first-order valence-electron chi connectivity index (χ1n) is 3.57. The van der Waals surface area contributed by atoms with Crippen LogP contribution in [0.25, 0.3) is 10.1 Å². The Labute approximate surface area is 83.4 Å². The molecule has 0 aliphatic rings. The zero-order valence-corrected chi connectivity index (χ0v) is 7.98. The fourth-order valence-corrected chi connectivity index (χ4v) is 2.28. The molecule has 0 unspecified atom stereocenters. The van der Waals surface area contributed by atoms with E-state index in [1.807, 2.05) is 0 Å². The zero-order chi connectivity index (χ0) is 9.42. The van der Waals surface area contributed by atoms with Gasteiger partial charge in [-0.05, 0) is 23.6 Å². The summed E-state index contributed by atoms with van der Waals surface area (Å²) in [6.07, 6.45) is 0. The summed E-state index contributed by atoms with van der Waals surface area (Å²) < 4.78 is 0.867. The van der Waals surface area contributed by atoms with E-state index in [4.69, 9.17) is 11.6 Å². The second kappa shape index (κ2) is 3.01. The molecule has 0 radical (unpaired) electrons. The molecular weight excluding hydrogens is 208 g/mol. The van der Waals surface area contributed by atoms with Crippen LogP contribution in [-0.4, -0.2) is 5.97 Å². The number of carboxylic acids is 1. The molecule has 0 atom stereocenters. The number of carboxylic acid groups (broad SMARTS) is 1. The lowest BCUT2D eigenvalue weighted by atomic mass is 10.2. The molecule has 0 saturated carbocycles. The Kier molecular flexibility index (Phi) is 1.98. The minimum absolute atomic E-state index is 0.234. The van der Waals surface area contributed by atoms with E-state index in [-0.39, 0.29) is 4.88 Å². The van der Waals surface area contributed by atoms with E-state index in [1.54, 1.807) is 24.3 Å². The smallest absolute Gasteiger partial charge is 0.0815 e. The summed E-state index contributed by atoms with van der Waals surface area (Å²) in [5, 5.41) is 12.0. The highest BCUT2D eigenvalue weighted by molar-refractivity contribution is 7.20. The number of halogens is 1. The van der Waals surface area contributed by atoms with Crippen LogP contribution in [0.3, 0.4) is 0 Å². The lowest BCUT2D eigenvalue weighted by Crippen LogP contribution is -2.20. The SMILES string of the molecule is O=C([O-])c1cc2ccc(Cl)cc2s1. The topological polar surface area (TPSA) is 40.1 Å². The molecule has 0 N–H and O–H groups in total. The fraction of sp³-hybridized carbons (Fsp3) is 0. The van der Waals surface area contributed by atoms with Crippen LogP contribution in [0.2, 0.25) is 5.02 Å². The normalized spacial score (nSPS) is 10.5. The quantitative estimate of drug-likeness (QED) is 0.723. The maximum absolute atomic E-state index is 10.5. The number of benzene rings is 1. The fourth-order valence-electron chi connectivity index (χ4n) is 1.11. The predicted molar refractivity (Wildman–Crippen MR) is 51.2 cm³/mol. The Bertz CT molecular complexity index is 475. The second-order valence-electron chi connectivity index (χ2n) is 2.58. The zero-order valence-electron chi connectivity index (χ0n) is 6.41. The van der Waals surface area contributed by atoms with E-state index in [9.17, 15) is 9.90 Å². The number of fused-ring (bicyclic) bond motifs is 1. The maximum Gasteiger partial charge on any atom is 0.0815 e. The lowest BCUT2D eigenvalue weighted by Gasteiger charge is -1.92. The van der Waals surface area contributed by atoms with Crippen molar-refractivity contribution in [1.82, 2.24) is 0 Å². The Hall–Kier alpha value is -1.06. The standard InChI is InChI=1S/C9H5ClO2S/c10-6-2-1-5-3-8(9(11)12)13-7(5)4-6/h1-4H,(H,11,12)/p-1. The van der Waals surface area contributed by atoms with Gasteiger partial charge in [0.15, 0.2) is 0 Å². The van der Waals surface area contributed by atoms with E-state index in [0.29, 0.717) is 5.02 Å². The van der Waals surface area contributed by atoms with Crippen LogP contribution >= 0.6 is 22.9 Å². The van der Waals surface area contributed by atoms with Gasteiger partial charge in [-0.15, -0.1) is 11.3 Å². The van der Waals surface area contributed by atoms with Crippen molar-refractivity contribution in [3.8, 4) is 0 Å². The highest BCUT2D eigenvalue weighted by atomic mass is 35.5. The number of carbonyl (C=O) groups is 1. The van der Waals surface area contributed by atoms with Gasteiger partial charge in [0, 0.05) is 9.72 Å². The molecule has 0 aliphatic carbocycles. The van der Waals surface area contributed by atoms with Gasteiger partial charge in [-0.25, -0.2) is 0 Å². The third-order valence-electron chi connectivity index (χ3n) is 1.68. The molecule has 2 nitrogen and oxygen atoms in total. The van der Waals surface area contributed by atoms with Crippen molar-refractivity contribution in [3.05, 3.63) is 34.2 Å². The minimum Gasteiger partial charge on any atom is -0.544 e. The molecule has 1 heterocycles. The van der Waals surface area contributed by atoms with Gasteiger partial charge in [0.05, 0.1) is 10.8 Å².